The van der Waals surface area contributed by atoms with E-state index in [9.17, 15) is 4.79 Å². The molecular formula is C22H17KO3. The van der Waals surface area contributed by atoms with Gasteiger partial charge in [0.1, 0.15) is 5.75 Å². The summed E-state index contributed by atoms with van der Waals surface area (Å²) in [6.07, 6.45) is 0. The quantitative estimate of drug-likeness (QED) is 0.562. The van der Waals surface area contributed by atoms with Crippen molar-refractivity contribution in [2.75, 3.05) is 6.61 Å². The second-order valence-electron chi connectivity index (χ2n) is 5.87. The normalized spacial score (nSPS) is 10.5. The number of hydrogen-bond acceptors (Lipinski definition) is 2. The average Bonchev–Trinajstić information content (AvgIpc) is 2.65. The third-order valence-corrected chi connectivity index (χ3v) is 4.30. The molecule has 0 aliphatic rings. The van der Waals surface area contributed by atoms with E-state index in [1.165, 1.54) is 0 Å². The van der Waals surface area contributed by atoms with Crippen LogP contribution in [0.4, 0.5) is 0 Å². The van der Waals surface area contributed by atoms with Crippen LogP contribution in [-0.2, 0) is 4.79 Å². The van der Waals surface area contributed by atoms with Gasteiger partial charge in [0.15, 0.2) is 6.61 Å². The van der Waals surface area contributed by atoms with Crippen molar-refractivity contribution < 1.29 is 67.4 Å². The number of aliphatic carboxylic acids is 1. The molecule has 4 aromatic carbocycles. The van der Waals surface area contributed by atoms with E-state index in [0.29, 0.717) is 5.75 Å². The van der Waals surface area contributed by atoms with Gasteiger partial charge in [0.2, 0.25) is 0 Å². The largest absolute Gasteiger partial charge is 1.00 e. The molecule has 4 rings (SSSR count). The molecule has 0 radical (unpaired) electrons. The SMILES string of the molecule is O=C(O)COc1ccc2ccccc2c1-c1cccc2ccccc12.[H-].[K+]. The van der Waals surface area contributed by atoms with Crippen molar-refractivity contribution in [2.45, 2.75) is 0 Å². The van der Waals surface area contributed by atoms with Crippen molar-refractivity contribution in [3.8, 4) is 16.9 Å². The molecule has 0 aliphatic heterocycles. The summed E-state index contributed by atoms with van der Waals surface area (Å²) in [7, 11) is 0. The van der Waals surface area contributed by atoms with Gasteiger partial charge in [-0.25, -0.2) is 4.79 Å². The molecule has 0 aliphatic carbocycles. The van der Waals surface area contributed by atoms with Gasteiger partial charge in [0, 0.05) is 5.56 Å². The molecule has 3 nitrogen and oxygen atoms in total. The summed E-state index contributed by atoms with van der Waals surface area (Å²) in [4.78, 5) is 11.0. The van der Waals surface area contributed by atoms with Gasteiger partial charge in [-0.05, 0) is 33.2 Å². The van der Waals surface area contributed by atoms with E-state index < -0.39 is 5.97 Å². The van der Waals surface area contributed by atoms with Crippen LogP contribution in [0.25, 0.3) is 32.7 Å². The van der Waals surface area contributed by atoms with Crippen molar-refractivity contribution in [1.29, 1.82) is 0 Å². The zero-order chi connectivity index (χ0) is 17.2. The Hall–Kier alpha value is -1.69. The van der Waals surface area contributed by atoms with E-state index in [2.05, 4.69) is 24.3 Å². The molecule has 0 amide bonds. The first-order chi connectivity index (χ1) is 12.2. The van der Waals surface area contributed by atoms with Crippen LogP contribution in [0.5, 0.6) is 5.75 Å². The van der Waals surface area contributed by atoms with Crippen LogP contribution in [0.15, 0.2) is 78.9 Å². The van der Waals surface area contributed by atoms with Gasteiger partial charge in [-0.15, -0.1) is 0 Å². The Kier molecular flexibility index (Phi) is 6.11. The summed E-state index contributed by atoms with van der Waals surface area (Å²) >= 11 is 0. The van der Waals surface area contributed by atoms with Gasteiger partial charge in [-0.1, -0.05) is 72.8 Å². The fourth-order valence-corrected chi connectivity index (χ4v) is 3.23. The summed E-state index contributed by atoms with van der Waals surface area (Å²) in [6, 6.07) is 26.2. The smallest absolute Gasteiger partial charge is 1.00 e. The van der Waals surface area contributed by atoms with Crippen LogP contribution in [0, 0.1) is 0 Å². The maximum atomic E-state index is 11.0. The van der Waals surface area contributed by atoms with Gasteiger partial charge in [0.05, 0.1) is 0 Å². The van der Waals surface area contributed by atoms with E-state index in [4.69, 9.17) is 9.84 Å². The summed E-state index contributed by atoms with van der Waals surface area (Å²) < 4.78 is 5.61. The van der Waals surface area contributed by atoms with E-state index in [1.54, 1.807) is 0 Å². The Balaban J connectivity index is 0.00000131. The number of ether oxygens (including phenoxy) is 1. The molecule has 0 fully saturated rings. The molecule has 0 unspecified atom stereocenters. The topological polar surface area (TPSA) is 46.5 Å². The molecule has 4 heteroatoms. The Morgan fingerprint density at radius 2 is 1.42 bits per heavy atom. The molecule has 0 heterocycles. The molecule has 0 spiro atoms. The second kappa shape index (κ2) is 8.33. The standard InChI is InChI=1S/C22H16O3.K.H/c23-21(24)14-25-20-13-12-16-7-2-4-10-18(16)22(20)19-11-5-8-15-6-1-3-9-17(15)19;;/h1-13H,14H2,(H,23,24);;/q;+1;-1. The second-order valence-corrected chi connectivity index (χ2v) is 5.87. The molecule has 0 bridgehead atoms. The van der Waals surface area contributed by atoms with Crippen LogP contribution in [0.2, 0.25) is 0 Å². The third-order valence-electron chi connectivity index (χ3n) is 4.30. The Morgan fingerprint density at radius 1 is 0.808 bits per heavy atom. The van der Waals surface area contributed by atoms with Gasteiger partial charge < -0.3 is 11.3 Å². The summed E-state index contributed by atoms with van der Waals surface area (Å²) in [5.74, 6) is -0.408. The fraction of sp³-hybridized carbons (Fsp3) is 0.0455. The minimum Gasteiger partial charge on any atom is -1.00 e. The number of fused-ring (bicyclic) bond motifs is 2. The van der Waals surface area contributed by atoms with E-state index in [1.807, 2.05) is 54.6 Å². The van der Waals surface area contributed by atoms with Crippen molar-refractivity contribution in [3.63, 3.8) is 0 Å². The maximum absolute atomic E-state index is 11.0. The zero-order valence-electron chi connectivity index (χ0n) is 15.5. The van der Waals surface area contributed by atoms with E-state index >= 15 is 0 Å². The van der Waals surface area contributed by atoms with Gasteiger partial charge in [0.25, 0.3) is 0 Å². The molecule has 0 atom stereocenters. The molecule has 0 aromatic heterocycles. The van der Waals surface area contributed by atoms with E-state index in [0.717, 1.165) is 32.7 Å². The van der Waals surface area contributed by atoms with Crippen LogP contribution < -0.4 is 56.1 Å². The predicted molar refractivity (Wildman–Crippen MR) is 101 cm³/mol. The summed E-state index contributed by atoms with van der Waals surface area (Å²) in [5, 5.41) is 13.4. The maximum Gasteiger partial charge on any atom is 1.00 e. The molecule has 0 saturated heterocycles. The predicted octanol–water partition coefficient (Wildman–Crippen LogP) is 2.24. The Bertz CT molecular complexity index is 1090. The molecule has 124 valence electrons. The summed E-state index contributed by atoms with van der Waals surface area (Å²) in [6.45, 7) is -0.365. The number of hydrogen-bond donors (Lipinski definition) is 1. The average molecular weight is 368 g/mol. The fourth-order valence-electron chi connectivity index (χ4n) is 3.23. The van der Waals surface area contributed by atoms with Crippen LogP contribution >= 0.6 is 0 Å². The van der Waals surface area contributed by atoms with Gasteiger partial charge >= 0.3 is 57.4 Å². The first kappa shape index (κ1) is 19.1. The van der Waals surface area contributed by atoms with E-state index in [-0.39, 0.29) is 59.4 Å². The van der Waals surface area contributed by atoms with Crippen molar-refractivity contribution in [2.24, 2.45) is 0 Å². The number of carboxylic acid groups (broad SMARTS) is 1. The number of carbonyl (C=O) groups is 1. The molecule has 26 heavy (non-hydrogen) atoms. The Morgan fingerprint density at radius 3 is 2.15 bits per heavy atom. The first-order valence-corrected chi connectivity index (χ1v) is 8.08. The van der Waals surface area contributed by atoms with Crippen LogP contribution in [0.3, 0.4) is 0 Å². The molecular weight excluding hydrogens is 351 g/mol. The molecule has 0 saturated carbocycles. The zero-order valence-corrected chi connectivity index (χ0v) is 17.6. The Labute approximate surface area is 195 Å². The van der Waals surface area contributed by atoms with Gasteiger partial charge in [-0.3, -0.25) is 0 Å². The summed E-state index contributed by atoms with van der Waals surface area (Å²) in [5.41, 5.74) is 1.96. The number of rotatable bonds is 4. The number of benzene rings is 4. The monoisotopic (exact) mass is 368 g/mol. The third kappa shape index (κ3) is 3.70. The van der Waals surface area contributed by atoms with Crippen molar-refractivity contribution in [3.05, 3.63) is 78.9 Å². The minimum absolute atomic E-state index is 0. The van der Waals surface area contributed by atoms with Crippen LogP contribution in [0.1, 0.15) is 1.43 Å². The van der Waals surface area contributed by atoms with Crippen LogP contribution in [-0.4, -0.2) is 17.7 Å². The first-order valence-electron chi connectivity index (χ1n) is 8.08. The van der Waals surface area contributed by atoms with Crippen molar-refractivity contribution >= 4 is 27.5 Å². The molecule has 1 N–H and O–H groups in total. The molecule has 4 aromatic rings. The van der Waals surface area contributed by atoms with Gasteiger partial charge in [-0.2, -0.15) is 0 Å². The van der Waals surface area contributed by atoms with Crippen molar-refractivity contribution in [1.82, 2.24) is 0 Å². The minimum atomic E-state index is -0.989. The number of carboxylic acids is 1.